The summed E-state index contributed by atoms with van der Waals surface area (Å²) >= 11 is 0. The molecule has 0 fully saturated rings. The lowest BCUT2D eigenvalue weighted by molar-refractivity contribution is 0.471. The summed E-state index contributed by atoms with van der Waals surface area (Å²) in [7, 11) is 0. The smallest absolute Gasteiger partial charge is 0.141 e. The van der Waals surface area contributed by atoms with Crippen LogP contribution in [0.2, 0.25) is 0 Å². The van der Waals surface area contributed by atoms with Gasteiger partial charge in [0.15, 0.2) is 0 Å². The maximum Gasteiger partial charge on any atom is 0.141 e. The number of hydrogen-bond acceptors (Lipinski definition) is 4. The molecule has 2 aromatic rings. The van der Waals surface area contributed by atoms with Gasteiger partial charge < -0.3 is 21.7 Å². The quantitative estimate of drug-likeness (QED) is 0.512. The van der Waals surface area contributed by atoms with Crippen LogP contribution in [-0.4, -0.2) is 10.2 Å². The van der Waals surface area contributed by atoms with Gasteiger partial charge in [-0.2, -0.15) is 0 Å². The minimum atomic E-state index is 0.185. The lowest BCUT2D eigenvalue weighted by atomic mass is 9.91. The number of hydrogen-bond donors (Lipinski definition) is 4. The Hall–Kier alpha value is -2.36. The van der Waals surface area contributed by atoms with Crippen LogP contribution in [0, 0.1) is 13.8 Å². The number of anilines is 2. The van der Waals surface area contributed by atoms with Gasteiger partial charge in [0.1, 0.15) is 11.5 Å². The molecule has 0 radical (unpaired) electrons. The van der Waals surface area contributed by atoms with Gasteiger partial charge in [-0.25, -0.2) is 0 Å². The number of nitrogen functional groups attached to an aromatic ring is 2. The van der Waals surface area contributed by atoms with Crippen molar-refractivity contribution < 1.29 is 10.2 Å². The molecule has 2 aromatic carbocycles. The van der Waals surface area contributed by atoms with Crippen LogP contribution in [0.3, 0.4) is 0 Å². The first-order valence-electron chi connectivity index (χ1n) is 8.01. The summed E-state index contributed by atoms with van der Waals surface area (Å²) in [5, 5.41) is 20.2. The van der Waals surface area contributed by atoms with Gasteiger partial charge in [-0.1, -0.05) is 26.0 Å². The minimum Gasteiger partial charge on any atom is -0.505 e. The van der Waals surface area contributed by atoms with Gasteiger partial charge in [-0.3, -0.25) is 0 Å². The van der Waals surface area contributed by atoms with Gasteiger partial charge in [0, 0.05) is 0 Å². The molecule has 0 saturated heterocycles. The fourth-order valence-electron chi connectivity index (χ4n) is 2.93. The normalized spacial score (nSPS) is 11.0. The fourth-order valence-corrected chi connectivity index (χ4v) is 2.93. The van der Waals surface area contributed by atoms with Crippen LogP contribution in [0.5, 0.6) is 11.5 Å². The standard InChI is InChI=1S/C19H26N2O2/c1-5-12-7-14(10(3)16(20)18(12)22)9-15-8-13(6-2)19(23)17(21)11(15)4/h7-8,22-23H,5-6,9,20-21H2,1-4H3. The minimum absolute atomic E-state index is 0.185. The average molecular weight is 314 g/mol. The third kappa shape index (κ3) is 2.93. The van der Waals surface area contributed by atoms with Crippen molar-refractivity contribution in [2.45, 2.75) is 47.0 Å². The van der Waals surface area contributed by atoms with Crippen molar-refractivity contribution >= 4 is 11.4 Å². The molecule has 4 nitrogen and oxygen atoms in total. The first kappa shape index (κ1) is 17.0. The van der Waals surface area contributed by atoms with Crippen LogP contribution in [0.25, 0.3) is 0 Å². The maximum atomic E-state index is 10.1. The monoisotopic (exact) mass is 314 g/mol. The van der Waals surface area contributed by atoms with Crippen LogP contribution in [-0.2, 0) is 19.3 Å². The fraction of sp³-hybridized carbons (Fsp3) is 0.368. The van der Waals surface area contributed by atoms with Gasteiger partial charge in [0.2, 0.25) is 0 Å². The molecule has 0 aliphatic heterocycles. The Morgan fingerprint density at radius 3 is 1.39 bits per heavy atom. The lowest BCUT2D eigenvalue weighted by Crippen LogP contribution is -2.04. The summed E-state index contributed by atoms with van der Waals surface area (Å²) in [6, 6.07) is 4.02. The van der Waals surface area contributed by atoms with E-state index < -0.39 is 0 Å². The Morgan fingerprint density at radius 1 is 0.739 bits per heavy atom. The zero-order valence-electron chi connectivity index (χ0n) is 14.3. The number of aromatic hydroxyl groups is 2. The third-order valence-electron chi connectivity index (χ3n) is 4.73. The molecule has 0 unspecified atom stereocenters. The van der Waals surface area contributed by atoms with E-state index in [0.29, 0.717) is 17.8 Å². The van der Waals surface area contributed by atoms with Crippen molar-refractivity contribution in [3.63, 3.8) is 0 Å². The maximum absolute atomic E-state index is 10.1. The topological polar surface area (TPSA) is 92.5 Å². The zero-order chi connectivity index (χ0) is 17.3. The molecular formula is C19H26N2O2. The van der Waals surface area contributed by atoms with Gasteiger partial charge in [-0.15, -0.1) is 0 Å². The number of rotatable bonds is 4. The second-order valence-electron chi connectivity index (χ2n) is 6.05. The summed E-state index contributed by atoms with van der Waals surface area (Å²) in [6.07, 6.45) is 2.12. The average Bonchev–Trinajstić information content (AvgIpc) is 2.55. The van der Waals surface area contributed by atoms with E-state index in [9.17, 15) is 10.2 Å². The summed E-state index contributed by atoms with van der Waals surface area (Å²) in [6.45, 7) is 7.83. The Kier molecular flexibility index (Phi) is 4.73. The van der Waals surface area contributed by atoms with E-state index in [1.54, 1.807) is 0 Å². The van der Waals surface area contributed by atoms with Crippen molar-refractivity contribution in [2.24, 2.45) is 0 Å². The largest absolute Gasteiger partial charge is 0.505 e. The summed E-state index contributed by atoms with van der Waals surface area (Å²) in [5.74, 6) is 0.370. The molecule has 0 aliphatic rings. The van der Waals surface area contributed by atoms with Crippen LogP contribution in [0.15, 0.2) is 12.1 Å². The van der Waals surface area contributed by atoms with Crippen LogP contribution < -0.4 is 11.5 Å². The lowest BCUT2D eigenvalue weighted by Gasteiger charge is -2.17. The highest BCUT2D eigenvalue weighted by Crippen LogP contribution is 2.36. The molecule has 0 heterocycles. The molecule has 6 N–H and O–H groups in total. The van der Waals surface area contributed by atoms with Gasteiger partial charge in [0.05, 0.1) is 11.4 Å². The van der Waals surface area contributed by atoms with E-state index in [4.69, 9.17) is 11.5 Å². The molecule has 4 heteroatoms. The van der Waals surface area contributed by atoms with Gasteiger partial charge in [0.25, 0.3) is 0 Å². The van der Waals surface area contributed by atoms with Crippen molar-refractivity contribution in [2.75, 3.05) is 11.5 Å². The molecule has 0 saturated carbocycles. The van der Waals surface area contributed by atoms with E-state index in [2.05, 4.69) is 0 Å². The van der Waals surface area contributed by atoms with Crippen LogP contribution in [0.4, 0.5) is 11.4 Å². The predicted molar refractivity (Wildman–Crippen MR) is 96.1 cm³/mol. The van der Waals surface area contributed by atoms with Crippen LogP contribution >= 0.6 is 0 Å². The SMILES string of the molecule is CCc1cc(Cc2cc(CC)c(O)c(N)c2C)c(C)c(N)c1O. The second-order valence-corrected chi connectivity index (χ2v) is 6.05. The summed E-state index contributed by atoms with van der Waals surface area (Å²) in [4.78, 5) is 0. The molecule has 0 aromatic heterocycles. The molecule has 0 aliphatic carbocycles. The second kappa shape index (κ2) is 6.41. The van der Waals surface area contributed by atoms with E-state index >= 15 is 0 Å². The number of phenols is 2. The number of benzene rings is 2. The van der Waals surface area contributed by atoms with Crippen molar-refractivity contribution in [1.29, 1.82) is 0 Å². The predicted octanol–water partition coefficient (Wildman–Crippen LogP) is 3.59. The first-order chi connectivity index (χ1) is 10.8. The Morgan fingerprint density at radius 2 is 1.09 bits per heavy atom. The van der Waals surface area contributed by atoms with Crippen molar-refractivity contribution in [3.8, 4) is 11.5 Å². The van der Waals surface area contributed by atoms with E-state index in [0.717, 1.165) is 46.2 Å². The number of phenolic OH excluding ortho intramolecular Hbond substituents is 2. The Labute approximate surface area is 137 Å². The number of nitrogens with two attached hydrogens (primary N) is 2. The van der Waals surface area contributed by atoms with E-state index in [-0.39, 0.29) is 11.5 Å². The highest BCUT2D eigenvalue weighted by atomic mass is 16.3. The Bertz CT molecular complexity index is 689. The number of aryl methyl sites for hydroxylation is 2. The van der Waals surface area contributed by atoms with Crippen molar-refractivity contribution in [1.82, 2.24) is 0 Å². The zero-order valence-corrected chi connectivity index (χ0v) is 14.3. The first-order valence-corrected chi connectivity index (χ1v) is 8.01. The molecule has 23 heavy (non-hydrogen) atoms. The highest BCUT2D eigenvalue weighted by Gasteiger charge is 2.16. The van der Waals surface area contributed by atoms with Gasteiger partial charge in [-0.05, 0) is 66.5 Å². The molecular weight excluding hydrogens is 288 g/mol. The molecule has 0 bridgehead atoms. The summed E-state index contributed by atoms with van der Waals surface area (Å²) in [5.41, 5.74) is 18.6. The van der Waals surface area contributed by atoms with E-state index in [1.807, 2.05) is 39.8 Å². The van der Waals surface area contributed by atoms with Crippen LogP contribution in [0.1, 0.15) is 47.2 Å². The molecule has 0 amide bonds. The molecule has 0 spiro atoms. The molecule has 2 rings (SSSR count). The highest BCUT2D eigenvalue weighted by molar-refractivity contribution is 5.67. The van der Waals surface area contributed by atoms with E-state index in [1.165, 1.54) is 0 Å². The molecule has 124 valence electrons. The van der Waals surface area contributed by atoms with Crippen molar-refractivity contribution in [3.05, 3.63) is 45.5 Å². The Balaban J connectivity index is 2.56. The molecule has 0 atom stereocenters. The van der Waals surface area contributed by atoms with Gasteiger partial charge >= 0.3 is 0 Å². The third-order valence-corrected chi connectivity index (χ3v) is 4.73. The summed E-state index contributed by atoms with van der Waals surface area (Å²) < 4.78 is 0.